The molecule has 4 rings (SSSR count). The summed E-state index contributed by atoms with van der Waals surface area (Å²) >= 11 is 0. The van der Waals surface area contributed by atoms with Crippen LogP contribution < -0.4 is 18.9 Å². The van der Waals surface area contributed by atoms with E-state index >= 15 is 0 Å². The van der Waals surface area contributed by atoms with E-state index in [9.17, 15) is 9.59 Å². The van der Waals surface area contributed by atoms with Gasteiger partial charge in [0.05, 0.1) is 50.1 Å². The standard InChI is InChI=1S/C38H40O8/c1-3-41-25-7-5-9-27-43-31-21-17-29(18-22-31)37(39)45-35-15-11-14-34-33(35)13-12-16-36(34)46-38(40)30-19-23-32(24-20-30)44-28-10-6-8-26-42-4-2/h3-4,11-24H,1-2,5-10,25-28H2. The van der Waals surface area contributed by atoms with Crippen LogP contribution in [-0.4, -0.2) is 38.4 Å². The van der Waals surface area contributed by atoms with E-state index in [1.165, 1.54) is 12.5 Å². The molecule has 0 heterocycles. The van der Waals surface area contributed by atoms with Crippen molar-refractivity contribution in [2.75, 3.05) is 26.4 Å². The van der Waals surface area contributed by atoms with Gasteiger partial charge in [-0.25, -0.2) is 9.59 Å². The summed E-state index contributed by atoms with van der Waals surface area (Å²) in [6, 6.07) is 24.2. The molecule has 0 atom stereocenters. The first-order valence-corrected chi connectivity index (χ1v) is 15.5. The van der Waals surface area contributed by atoms with Gasteiger partial charge in [0.25, 0.3) is 0 Å². The molecule has 0 saturated heterocycles. The molecule has 0 aliphatic carbocycles. The summed E-state index contributed by atoms with van der Waals surface area (Å²) in [5, 5.41) is 1.28. The molecular weight excluding hydrogens is 584 g/mol. The van der Waals surface area contributed by atoms with Crippen molar-refractivity contribution in [2.45, 2.75) is 38.5 Å². The summed E-state index contributed by atoms with van der Waals surface area (Å²) < 4.78 is 33.3. The minimum atomic E-state index is -0.507. The average Bonchev–Trinajstić information content (AvgIpc) is 3.08. The molecule has 0 unspecified atom stereocenters. The summed E-state index contributed by atoms with van der Waals surface area (Å²) in [6.45, 7) is 9.52. The molecule has 0 aliphatic heterocycles. The van der Waals surface area contributed by atoms with Crippen LogP contribution in [0, 0.1) is 0 Å². The molecule has 0 radical (unpaired) electrons. The van der Waals surface area contributed by atoms with Crippen molar-refractivity contribution in [3.8, 4) is 23.0 Å². The summed E-state index contributed by atoms with van der Waals surface area (Å²) in [4.78, 5) is 26.0. The Morgan fingerprint density at radius 2 is 0.891 bits per heavy atom. The molecular formula is C38H40O8. The summed E-state index contributed by atoms with van der Waals surface area (Å²) in [5.74, 6) is 1.06. The van der Waals surface area contributed by atoms with Gasteiger partial charge in [-0.3, -0.25) is 0 Å². The van der Waals surface area contributed by atoms with Gasteiger partial charge in [-0.2, -0.15) is 0 Å². The molecule has 0 saturated carbocycles. The number of benzene rings is 4. The molecule has 0 spiro atoms. The maximum absolute atomic E-state index is 13.0. The van der Waals surface area contributed by atoms with E-state index < -0.39 is 11.9 Å². The van der Waals surface area contributed by atoms with E-state index in [-0.39, 0.29) is 0 Å². The number of esters is 2. The van der Waals surface area contributed by atoms with E-state index in [1.807, 2.05) is 12.1 Å². The Hall–Kier alpha value is -5.24. The van der Waals surface area contributed by atoms with Crippen LogP contribution in [0.15, 0.2) is 111 Å². The zero-order chi connectivity index (χ0) is 32.4. The Bertz CT molecular complexity index is 1440. The van der Waals surface area contributed by atoms with Crippen LogP contribution in [-0.2, 0) is 9.47 Å². The average molecular weight is 625 g/mol. The van der Waals surface area contributed by atoms with Crippen molar-refractivity contribution < 1.29 is 38.0 Å². The highest BCUT2D eigenvalue weighted by molar-refractivity contribution is 5.99. The Morgan fingerprint density at radius 3 is 1.28 bits per heavy atom. The number of rotatable bonds is 20. The lowest BCUT2D eigenvalue weighted by atomic mass is 10.1. The number of hydrogen-bond donors (Lipinski definition) is 0. The summed E-state index contributed by atoms with van der Waals surface area (Å²) in [5.41, 5.74) is 0.776. The number of hydrogen-bond acceptors (Lipinski definition) is 8. The van der Waals surface area contributed by atoms with E-state index in [4.69, 9.17) is 28.4 Å². The highest BCUT2D eigenvalue weighted by Crippen LogP contribution is 2.33. The second kappa shape index (κ2) is 18.5. The van der Waals surface area contributed by atoms with E-state index in [0.29, 0.717) is 71.3 Å². The fourth-order valence-corrected chi connectivity index (χ4v) is 4.60. The molecule has 0 aliphatic rings. The Labute approximate surface area is 270 Å². The normalized spacial score (nSPS) is 10.5. The minimum absolute atomic E-state index is 0.357. The maximum atomic E-state index is 13.0. The van der Waals surface area contributed by atoms with E-state index in [1.54, 1.807) is 72.8 Å². The predicted octanol–water partition coefficient (Wildman–Crippen LogP) is 8.70. The predicted molar refractivity (Wildman–Crippen MR) is 178 cm³/mol. The Kier molecular flexibility index (Phi) is 13.6. The molecule has 46 heavy (non-hydrogen) atoms. The molecule has 240 valence electrons. The lowest BCUT2D eigenvalue weighted by Gasteiger charge is -2.12. The van der Waals surface area contributed by atoms with E-state index in [2.05, 4.69) is 13.2 Å². The number of ether oxygens (including phenoxy) is 6. The molecule has 0 amide bonds. The minimum Gasteiger partial charge on any atom is -0.502 e. The Balaban J connectivity index is 1.30. The van der Waals surface area contributed by atoms with Gasteiger partial charge in [0.2, 0.25) is 0 Å². The highest BCUT2D eigenvalue weighted by Gasteiger charge is 2.15. The fraction of sp³-hybridized carbons (Fsp3) is 0.263. The molecule has 8 heteroatoms. The van der Waals surface area contributed by atoms with Gasteiger partial charge in [0.15, 0.2) is 0 Å². The van der Waals surface area contributed by atoms with Gasteiger partial charge < -0.3 is 28.4 Å². The smallest absolute Gasteiger partial charge is 0.343 e. The number of carbonyl (C=O) groups is 2. The first kappa shape index (κ1) is 33.6. The van der Waals surface area contributed by atoms with Crippen LogP contribution in [0.1, 0.15) is 59.2 Å². The van der Waals surface area contributed by atoms with Gasteiger partial charge in [-0.05, 0) is 99.2 Å². The second-order valence-electron chi connectivity index (χ2n) is 10.3. The number of carbonyl (C=O) groups excluding carboxylic acids is 2. The number of unbranched alkanes of at least 4 members (excludes halogenated alkanes) is 4. The van der Waals surface area contributed by atoms with E-state index in [0.717, 1.165) is 38.5 Å². The van der Waals surface area contributed by atoms with Gasteiger partial charge in [0, 0.05) is 10.8 Å². The second-order valence-corrected chi connectivity index (χ2v) is 10.3. The van der Waals surface area contributed by atoms with Crippen LogP contribution in [0.5, 0.6) is 23.0 Å². The molecule has 0 aromatic heterocycles. The fourth-order valence-electron chi connectivity index (χ4n) is 4.60. The van der Waals surface area contributed by atoms with Crippen LogP contribution >= 0.6 is 0 Å². The lowest BCUT2D eigenvalue weighted by molar-refractivity contribution is 0.0725. The van der Waals surface area contributed by atoms with Crippen molar-refractivity contribution in [3.63, 3.8) is 0 Å². The van der Waals surface area contributed by atoms with Crippen molar-refractivity contribution >= 4 is 22.7 Å². The van der Waals surface area contributed by atoms with Crippen LogP contribution in [0.4, 0.5) is 0 Å². The summed E-state index contributed by atoms with van der Waals surface area (Å²) in [6.07, 6.45) is 8.56. The molecule has 4 aromatic rings. The monoisotopic (exact) mass is 624 g/mol. The zero-order valence-corrected chi connectivity index (χ0v) is 26.0. The lowest BCUT2D eigenvalue weighted by Crippen LogP contribution is -2.10. The molecule has 0 fully saturated rings. The zero-order valence-electron chi connectivity index (χ0n) is 26.0. The largest absolute Gasteiger partial charge is 0.502 e. The quantitative estimate of drug-likeness (QED) is 0.0418. The summed E-state index contributed by atoms with van der Waals surface area (Å²) in [7, 11) is 0. The maximum Gasteiger partial charge on any atom is 0.343 e. The SMILES string of the molecule is C=COCCCCCOc1ccc(C(=O)Oc2cccc3c(OC(=O)c4ccc(OCCCCCOC=C)cc4)cccc23)cc1. The first-order valence-electron chi connectivity index (χ1n) is 15.5. The van der Waals surface area contributed by atoms with Crippen molar-refractivity contribution in [3.05, 3.63) is 122 Å². The van der Waals surface area contributed by atoms with Crippen molar-refractivity contribution in [1.29, 1.82) is 0 Å². The van der Waals surface area contributed by atoms with Crippen molar-refractivity contribution in [1.82, 2.24) is 0 Å². The first-order chi connectivity index (χ1) is 22.6. The van der Waals surface area contributed by atoms with Crippen LogP contribution in [0.25, 0.3) is 10.8 Å². The van der Waals surface area contributed by atoms with Gasteiger partial charge >= 0.3 is 11.9 Å². The van der Waals surface area contributed by atoms with Gasteiger partial charge in [-0.15, -0.1) is 0 Å². The molecule has 4 aromatic carbocycles. The number of fused-ring (bicyclic) bond motifs is 1. The molecule has 0 bridgehead atoms. The third kappa shape index (κ3) is 10.4. The molecule has 8 nitrogen and oxygen atoms in total. The third-order valence-electron chi connectivity index (χ3n) is 7.01. The van der Waals surface area contributed by atoms with Gasteiger partial charge in [-0.1, -0.05) is 37.4 Å². The third-order valence-corrected chi connectivity index (χ3v) is 7.01. The molecule has 0 N–H and O–H groups in total. The van der Waals surface area contributed by atoms with Gasteiger partial charge in [0.1, 0.15) is 23.0 Å². The Morgan fingerprint density at radius 1 is 0.500 bits per heavy atom. The highest BCUT2D eigenvalue weighted by atomic mass is 16.5. The van der Waals surface area contributed by atoms with Crippen LogP contribution in [0.3, 0.4) is 0 Å². The van der Waals surface area contributed by atoms with Crippen LogP contribution in [0.2, 0.25) is 0 Å². The van der Waals surface area contributed by atoms with Crippen molar-refractivity contribution in [2.24, 2.45) is 0 Å². The topological polar surface area (TPSA) is 89.5 Å².